The summed E-state index contributed by atoms with van der Waals surface area (Å²) in [6, 6.07) is 19.4. The van der Waals surface area contributed by atoms with Crippen molar-refractivity contribution in [1.82, 2.24) is 14.8 Å². The van der Waals surface area contributed by atoms with Gasteiger partial charge in [0.05, 0.1) is 5.56 Å². The minimum Gasteiger partial charge on any atom is -0.416 e. The van der Waals surface area contributed by atoms with Crippen molar-refractivity contribution < 1.29 is 9.21 Å². The summed E-state index contributed by atoms with van der Waals surface area (Å²) in [4.78, 5) is 12.5. The van der Waals surface area contributed by atoms with Gasteiger partial charge < -0.3 is 14.3 Å². The molecule has 0 spiro atoms. The fraction of sp³-hybridized carbons (Fsp3) is 0.174. The molecule has 0 aliphatic heterocycles. The summed E-state index contributed by atoms with van der Waals surface area (Å²) >= 11 is 0. The van der Waals surface area contributed by atoms with Gasteiger partial charge in [-0.1, -0.05) is 35.9 Å². The summed E-state index contributed by atoms with van der Waals surface area (Å²) in [5.41, 5.74) is 5.51. The molecular formula is C23H22N4O2. The third kappa shape index (κ3) is 3.96. The highest BCUT2D eigenvalue weighted by molar-refractivity contribution is 5.90. The average Bonchev–Trinajstić information content (AvgIpc) is 3.31. The Morgan fingerprint density at radius 2 is 1.66 bits per heavy atom. The predicted molar refractivity (Wildman–Crippen MR) is 112 cm³/mol. The van der Waals surface area contributed by atoms with Crippen molar-refractivity contribution in [1.29, 1.82) is 0 Å². The fourth-order valence-electron chi connectivity index (χ4n) is 3.27. The van der Waals surface area contributed by atoms with Crippen LogP contribution >= 0.6 is 0 Å². The minimum absolute atomic E-state index is 0.0855. The van der Waals surface area contributed by atoms with E-state index in [-0.39, 0.29) is 12.5 Å². The van der Waals surface area contributed by atoms with Gasteiger partial charge in [-0.3, -0.25) is 4.79 Å². The summed E-state index contributed by atoms with van der Waals surface area (Å²) < 4.78 is 7.83. The van der Waals surface area contributed by atoms with Crippen LogP contribution in [0.1, 0.15) is 17.0 Å². The standard InChI is InChI=1S/C23H22N4O2/c1-15-9-11-19(12-10-15)24-21(28)14-27-16(2)13-20(17(27)3)23-26-25-22(29-23)18-7-5-4-6-8-18/h4-13H,14H2,1-3H3,(H,24,28). The van der Waals surface area contributed by atoms with Gasteiger partial charge in [-0.15, -0.1) is 10.2 Å². The molecule has 4 rings (SSSR count). The normalized spacial score (nSPS) is 10.9. The molecule has 29 heavy (non-hydrogen) atoms. The summed E-state index contributed by atoms with van der Waals surface area (Å²) in [6.45, 7) is 6.14. The van der Waals surface area contributed by atoms with Gasteiger partial charge in [0.2, 0.25) is 17.7 Å². The summed E-state index contributed by atoms with van der Waals surface area (Å²) in [5, 5.41) is 11.3. The molecule has 0 unspecified atom stereocenters. The van der Waals surface area contributed by atoms with E-state index in [4.69, 9.17) is 4.42 Å². The molecule has 1 amide bonds. The molecule has 2 aromatic heterocycles. The van der Waals surface area contributed by atoms with E-state index in [0.29, 0.717) is 11.8 Å². The smallest absolute Gasteiger partial charge is 0.249 e. The van der Waals surface area contributed by atoms with Gasteiger partial charge in [-0.05, 0) is 51.1 Å². The predicted octanol–water partition coefficient (Wildman–Crippen LogP) is 4.77. The number of hydrogen-bond donors (Lipinski definition) is 1. The zero-order chi connectivity index (χ0) is 20.4. The topological polar surface area (TPSA) is 73.0 Å². The Labute approximate surface area is 169 Å². The molecule has 0 aliphatic rings. The number of carbonyl (C=O) groups is 1. The van der Waals surface area contributed by atoms with Crippen LogP contribution in [-0.2, 0) is 11.3 Å². The van der Waals surface area contributed by atoms with Crippen LogP contribution < -0.4 is 5.32 Å². The van der Waals surface area contributed by atoms with Crippen LogP contribution in [0.4, 0.5) is 5.69 Å². The highest BCUT2D eigenvalue weighted by Crippen LogP contribution is 2.28. The number of aryl methyl sites for hydroxylation is 2. The number of hydrogen-bond acceptors (Lipinski definition) is 4. The van der Waals surface area contributed by atoms with E-state index in [0.717, 1.165) is 33.8 Å². The largest absolute Gasteiger partial charge is 0.416 e. The van der Waals surface area contributed by atoms with Crippen LogP contribution in [0.2, 0.25) is 0 Å². The quantitative estimate of drug-likeness (QED) is 0.536. The van der Waals surface area contributed by atoms with Gasteiger partial charge in [0.25, 0.3) is 0 Å². The number of carbonyl (C=O) groups excluding carboxylic acids is 1. The van der Waals surface area contributed by atoms with Crippen molar-refractivity contribution in [2.24, 2.45) is 0 Å². The third-order valence-corrected chi connectivity index (χ3v) is 4.89. The molecule has 4 aromatic rings. The molecule has 6 nitrogen and oxygen atoms in total. The SMILES string of the molecule is Cc1ccc(NC(=O)Cn2c(C)cc(-c3nnc(-c4ccccc4)o3)c2C)cc1. The molecule has 0 aliphatic carbocycles. The number of anilines is 1. The lowest BCUT2D eigenvalue weighted by molar-refractivity contribution is -0.116. The first-order valence-corrected chi connectivity index (χ1v) is 9.44. The van der Waals surface area contributed by atoms with E-state index in [1.165, 1.54) is 0 Å². The van der Waals surface area contributed by atoms with E-state index in [1.54, 1.807) is 0 Å². The molecule has 1 N–H and O–H groups in total. The maximum absolute atomic E-state index is 12.5. The Morgan fingerprint density at radius 1 is 0.966 bits per heavy atom. The second kappa shape index (κ2) is 7.75. The molecule has 0 radical (unpaired) electrons. The molecule has 0 fully saturated rings. The zero-order valence-electron chi connectivity index (χ0n) is 16.6. The number of rotatable bonds is 5. The highest BCUT2D eigenvalue weighted by Gasteiger charge is 2.18. The van der Waals surface area contributed by atoms with E-state index >= 15 is 0 Å². The first-order chi connectivity index (χ1) is 14.0. The summed E-state index contributed by atoms with van der Waals surface area (Å²) in [7, 11) is 0. The van der Waals surface area contributed by atoms with Gasteiger partial charge in [0, 0.05) is 22.6 Å². The van der Waals surface area contributed by atoms with Crippen LogP contribution in [0.5, 0.6) is 0 Å². The molecule has 6 heteroatoms. The van der Waals surface area contributed by atoms with Crippen LogP contribution in [0.3, 0.4) is 0 Å². The number of aromatic nitrogens is 3. The Hall–Kier alpha value is -3.67. The second-order valence-corrected chi connectivity index (χ2v) is 7.06. The third-order valence-electron chi connectivity index (χ3n) is 4.89. The monoisotopic (exact) mass is 386 g/mol. The molecule has 0 saturated carbocycles. The summed E-state index contributed by atoms with van der Waals surface area (Å²) in [5.74, 6) is 0.836. The van der Waals surface area contributed by atoms with Crippen LogP contribution in [0, 0.1) is 20.8 Å². The zero-order valence-corrected chi connectivity index (χ0v) is 16.6. The molecule has 2 heterocycles. The lowest BCUT2D eigenvalue weighted by Gasteiger charge is -2.10. The van der Waals surface area contributed by atoms with Gasteiger partial charge in [-0.2, -0.15) is 0 Å². The highest BCUT2D eigenvalue weighted by atomic mass is 16.4. The van der Waals surface area contributed by atoms with Gasteiger partial charge in [0.15, 0.2) is 0 Å². The molecular weight excluding hydrogens is 364 g/mol. The molecule has 0 saturated heterocycles. The first-order valence-electron chi connectivity index (χ1n) is 9.44. The lowest BCUT2D eigenvalue weighted by atomic mass is 10.2. The molecule has 0 bridgehead atoms. The number of amides is 1. The van der Waals surface area contributed by atoms with Gasteiger partial charge in [0.1, 0.15) is 6.54 Å². The summed E-state index contributed by atoms with van der Waals surface area (Å²) in [6.07, 6.45) is 0. The van der Waals surface area contributed by atoms with Gasteiger partial charge >= 0.3 is 0 Å². The molecule has 2 aromatic carbocycles. The number of nitrogens with one attached hydrogen (secondary N) is 1. The van der Waals surface area contributed by atoms with Crippen molar-refractivity contribution in [3.63, 3.8) is 0 Å². The van der Waals surface area contributed by atoms with Crippen molar-refractivity contribution in [2.75, 3.05) is 5.32 Å². The lowest BCUT2D eigenvalue weighted by Crippen LogP contribution is -2.20. The Bertz CT molecular complexity index is 1140. The van der Waals surface area contributed by atoms with Crippen LogP contribution in [-0.4, -0.2) is 20.7 Å². The van der Waals surface area contributed by atoms with E-state index in [1.807, 2.05) is 86.0 Å². The molecule has 146 valence electrons. The van der Waals surface area contributed by atoms with Crippen LogP contribution in [0.15, 0.2) is 65.1 Å². The van der Waals surface area contributed by atoms with Crippen molar-refractivity contribution >= 4 is 11.6 Å². The maximum atomic E-state index is 12.5. The van der Waals surface area contributed by atoms with Crippen molar-refractivity contribution in [3.05, 3.63) is 77.6 Å². The minimum atomic E-state index is -0.0855. The maximum Gasteiger partial charge on any atom is 0.249 e. The Balaban J connectivity index is 1.54. The van der Waals surface area contributed by atoms with Gasteiger partial charge in [-0.25, -0.2) is 0 Å². The van der Waals surface area contributed by atoms with Crippen LogP contribution in [0.25, 0.3) is 22.9 Å². The number of nitrogens with zero attached hydrogens (tertiary/aromatic N) is 3. The molecule has 0 atom stereocenters. The fourth-order valence-corrected chi connectivity index (χ4v) is 3.27. The van der Waals surface area contributed by atoms with Crippen molar-refractivity contribution in [2.45, 2.75) is 27.3 Å². The Kier molecular flexibility index (Phi) is 4.99. The first kappa shape index (κ1) is 18.7. The Morgan fingerprint density at radius 3 is 2.38 bits per heavy atom. The second-order valence-electron chi connectivity index (χ2n) is 7.06. The van der Waals surface area contributed by atoms with Crippen molar-refractivity contribution in [3.8, 4) is 22.9 Å². The number of benzene rings is 2. The van der Waals surface area contributed by atoms with E-state index < -0.39 is 0 Å². The average molecular weight is 386 g/mol. The van der Waals surface area contributed by atoms with E-state index in [9.17, 15) is 4.79 Å². The van der Waals surface area contributed by atoms with E-state index in [2.05, 4.69) is 15.5 Å².